The molecule has 2 aliphatic carbocycles. The third kappa shape index (κ3) is 2.32. The molecule has 0 saturated carbocycles. The minimum absolute atomic E-state index is 0.178. The molecule has 0 aromatic heterocycles. The molecule has 2 aromatic carbocycles. The van der Waals surface area contributed by atoms with Gasteiger partial charge < -0.3 is 0 Å². The molecule has 0 saturated heterocycles. The fraction of sp³-hybridized carbons (Fsp3) is 0.125. The standard InChI is InChI=1S/C16H11FO2/c17-14-8-12-7-13(9-14)16(19)6-11-2-1-10(3-4-11)5-15(12)18/h1-4,7-9H,5-6H2. The number of rotatable bonds is 0. The lowest BCUT2D eigenvalue weighted by Gasteiger charge is -2.03. The Balaban J connectivity index is 2.18. The normalized spacial score (nSPS) is 14.4. The molecule has 0 atom stereocenters. The van der Waals surface area contributed by atoms with Crippen LogP contribution in [0.4, 0.5) is 4.39 Å². The maximum Gasteiger partial charge on any atom is 0.167 e. The van der Waals surface area contributed by atoms with Crippen LogP contribution in [-0.2, 0) is 12.8 Å². The van der Waals surface area contributed by atoms with Crippen LogP contribution >= 0.6 is 0 Å². The van der Waals surface area contributed by atoms with Gasteiger partial charge in [-0.2, -0.15) is 0 Å². The average Bonchev–Trinajstić information content (AvgIpc) is 2.41. The Morgan fingerprint density at radius 1 is 0.737 bits per heavy atom. The van der Waals surface area contributed by atoms with E-state index in [1.54, 1.807) is 0 Å². The van der Waals surface area contributed by atoms with E-state index in [1.165, 1.54) is 18.2 Å². The van der Waals surface area contributed by atoms with Crippen molar-refractivity contribution in [2.75, 3.05) is 0 Å². The second-order valence-electron chi connectivity index (χ2n) is 4.74. The van der Waals surface area contributed by atoms with E-state index in [4.69, 9.17) is 0 Å². The summed E-state index contributed by atoms with van der Waals surface area (Å²) >= 11 is 0. The van der Waals surface area contributed by atoms with Gasteiger partial charge in [0, 0.05) is 24.0 Å². The molecule has 3 heteroatoms. The highest BCUT2D eigenvalue weighted by atomic mass is 19.1. The minimum atomic E-state index is -0.545. The van der Waals surface area contributed by atoms with Crippen molar-refractivity contribution in [1.29, 1.82) is 0 Å². The number of Topliss-reactive ketones (excluding diaryl/α,β-unsaturated/α-hetero) is 2. The smallest absolute Gasteiger partial charge is 0.167 e. The van der Waals surface area contributed by atoms with Crippen LogP contribution in [0.5, 0.6) is 0 Å². The van der Waals surface area contributed by atoms with E-state index in [2.05, 4.69) is 0 Å². The van der Waals surface area contributed by atoms with E-state index in [9.17, 15) is 14.0 Å². The Morgan fingerprint density at radius 3 is 1.58 bits per heavy atom. The van der Waals surface area contributed by atoms with Gasteiger partial charge in [0.05, 0.1) is 0 Å². The van der Waals surface area contributed by atoms with E-state index in [0.717, 1.165) is 11.1 Å². The molecule has 0 spiro atoms. The number of hydrogen-bond acceptors (Lipinski definition) is 2. The number of hydrogen-bond donors (Lipinski definition) is 0. The van der Waals surface area contributed by atoms with E-state index < -0.39 is 5.82 Å². The van der Waals surface area contributed by atoms with Gasteiger partial charge in [0.2, 0.25) is 0 Å². The first-order valence-corrected chi connectivity index (χ1v) is 6.06. The Morgan fingerprint density at radius 2 is 1.16 bits per heavy atom. The van der Waals surface area contributed by atoms with Gasteiger partial charge in [-0.1, -0.05) is 24.3 Å². The highest BCUT2D eigenvalue weighted by Gasteiger charge is 2.16. The van der Waals surface area contributed by atoms with Crippen molar-refractivity contribution in [1.82, 2.24) is 0 Å². The van der Waals surface area contributed by atoms with Crippen LogP contribution in [0.2, 0.25) is 0 Å². The molecular weight excluding hydrogens is 243 g/mol. The molecule has 0 fully saturated rings. The molecule has 0 N–H and O–H groups in total. The van der Waals surface area contributed by atoms with Crippen LogP contribution < -0.4 is 0 Å². The maximum absolute atomic E-state index is 13.5. The van der Waals surface area contributed by atoms with Crippen LogP contribution in [-0.4, -0.2) is 11.6 Å². The molecule has 0 aliphatic heterocycles. The van der Waals surface area contributed by atoms with Crippen LogP contribution in [0.1, 0.15) is 31.8 Å². The van der Waals surface area contributed by atoms with Crippen molar-refractivity contribution >= 4 is 11.6 Å². The second-order valence-corrected chi connectivity index (χ2v) is 4.74. The third-order valence-corrected chi connectivity index (χ3v) is 3.29. The Hall–Kier alpha value is -2.29. The van der Waals surface area contributed by atoms with Crippen molar-refractivity contribution in [3.8, 4) is 0 Å². The lowest BCUT2D eigenvalue weighted by Crippen LogP contribution is -2.07. The first-order valence-electron chi connectivity index (χ1n) is 6.06. The predicted octanol–water partition coefficient (Wildman–Crippen LogP) is 2.99. The third-order valence-electron chi connectivity index (χ3n) is 3.29. The number of benzene rings is 2. The highest BCUT2D eigenvalue weighted by molar-refractivity contribution is 6.03. The van der Waals surface area contributed by atoms with Gasteiger partial charge in [-0.05, 0) is 29.3 Å². The largest absolute Gasteiger partial charge is 0.294 e. The molecule has 2 aliphatic rings. The summed E-state index contributed by atoms with van der Waals surface area (Å²) in [6.45, 7) is 0. The fourth-order valence-electron chi connectivity index (χ4n) is 2.26. The summed E-state index contributed by atoms with van der Waals surface area (Å²) in [7, 11) is 0. The van der Waals surface area contributed by atoms with Crippen molar-refractivity contribution in [3.05, 3.63) is 70.5 Å². The zero-order valence-corrected chi connectivity index (χ0v) is 10.2. The quantitative estimate of drug-likeness (QED) is 0.724. The van der Waals surface area contributed by atoms with Gasteiger partial charge in [-0.3, -0.25) is 9.59 Å². The molecule has 0 unspecified atom stereocenters. The molecule has 0 amide bonds. The summed E-state index contributed by atoms with van der Waals surface area (Å²) in [5.41, 5.74) is 2.25. The summed E-state index contributed by atoms with van der Waals surface area (Å²) < 4.78 is 13.5. The second kappa shape index (κ2) is 4.43. The van der Waals surface area contributed by atoms with Gasteiger partial charge >= 0.3 is 0 Å². The molecule has 94 valence electrons. The predicted molar refractivity (Wildman–Crippen MR) is 68.9 cm³/mol. The Kier molecular flexibility index (Phi) is 2.75. The molecule has 2 aromatic rings. The van der Waals surface area contributed by atoms with E-state index in [1.807, 2.05) is 24.3 Å². The van der Waals surface area contributed by atoms with Crippen molar-refractivity contribution < 1.29 is 14.0 Å². The number of carbonyl (C=O) groups is 2. The first kappa shape index (κ1) is 11.8. The number of carbonyl (C=O) groups excluding carboxylic acids is 2. The van der Waals surface area contributed by atoms with Crippen molar-refractivity contribution in [3.63, 3.8) is 0 Å². The maximum atomic E-state index is 13.5. The van der Waals surface area contributed by atoms with Gasteiger partial charge in [0.25, 0.3) is 0 Å². The average molecular weight is 254 g/mol. The van der Waals surface area contributed by atoms with Crippen LogP contribution in [0.25, 0.3) is 0 Å². The Bertz CT molecular complexity index is 616. The van der Waals surface area contributed by atoms with Gasteiger partial charge in [-0.15, -0.1) is 0 Å². The highest BCUT2D eigenvalue weighted by Crippen LogP contribution is 2.17. The summed E-state index contributed by atoms with van der Waals surface area (Å²) in [5, 5.41) is 0. The lowest BCUT2D eigenvalue weighted by molar-refractivity contribution is 0.0991. The van der Waals surface area contributed by atoms with Crippen molar-refractivity contribution in [2.45, 2.75) is 12.8 Å². The van der Waals surface area contributed by atoms with Crippen LogP contribution in [0.3, 0.4) is 0 Å². The first-order chi connectivity index (χ1) is 9.11. The van der Waals surface area contributed by atoms with Crippen LogP contribution in [0.15, 0.2) is 42.5 Å². The zero-order chi connectivity index (χ0) is 13.4. The number of halogens is 1. The minimum Gasteiger partial charge on any atom is -0.294 e. The van der Waals surface area contributed by atoms with Gasteiger partial charge in [0.15, 0.2) is 11.6 Å². The number of ketones is 2. The molecule has 4 rings (SSSR count). The monoisotopic (exact) mass is 254 g/mol. The Labute approximate surface area is 109 Å². The molecule has 0 heterocycles. The fourth-order valence-corrected chi connectivity index (χ4v) is 2.26. The van der Waals surface area contributed by atoms with Gasteiger partial charge in [-0.25, -0.2) is 4.39 Å². The molecular formula is C16H11FO2. The summed E-state index contributed by atoms with van der Waals surface area (Å²) in [6, 6.07) is 11.2. The van der Waals surface area contributed by atoms with Crippen LogP contribution in [0, 0.1) is 5.82 Å². The zero-order valence-electron chi connectivity index (χ0n) is 10.2. The molecule has 19 heavy (non-hydrogen) atoms. The van der Waals surface area contributed by atoms with Crippen molar-refractivity contribution in [2.24, 2.45) is 0 Å². The van der Waals surface area contributed by atoms with Gasteiger partial charge in [0.1, 0.15) is 5.82 Å². The van der Waals surface area contributed by atoms with E-state index >= 15 is 0 Å². The topological polar surface area (TPSA) is 34.1 Å². The lowest BCUT2D eigenvalue weighted by atomic mass is 10.0. The molecule has 4 bridgehead atoms. The van der Waals surface area contributed by atoms with E-state index in [0.29, 0.717) is 0 Å². The summed E-state index contributed by atoms with van der Waals surface area (Å²) in [5.74, 6) is -0.900. The number of fused-ring (bicyclic) bond motifs is 4. The summed E-state index contributed by atoms with van der Waals surface area (Å²) in [6.07, 6.45) is 0.439. The summed E-state index contributed by atoms with van der Waals surface area (Å²) in [4.78, 5) is 24.2. The molecule has 2 nitrogen and oxygen atoms in total. The molecule has 0 radical (unpaired) electrons. The van der Waals surface area contributed by atoms with E-state index in [-0.39, 0.29) is 35.5 Å². The SMILES string of the molecule is O=C1Cc2ccc(cc2)CC(=O)c2cc(F)cc1c2.